The summed E-state index contributed by atoms with van der Waals surface area (Å²) in [5.74, 6) is -0.314. The van der Waals surface area contributed by atoms with Crippen molar-refractivity contribution < 1.29 is 14.3 Å². The van der Waals surface area contributed by atoms with Crippen LogP contribution < -0.4 is 11.5 Å². The number of hydrogen-bond donors (Lipinski definition) is 2. The summed E-state index contributed by atoms with van der Waals surface area (Å²) < 4.78 is 11.1. The van der Waals surface area contributed by atoms with Gasteiger partial charge in [0.1, 0.15) is 0 Å². The molecule has 3 unspecified atom stereocenters. The van der Waals surface area contributed by atoms with E-state index in [4.69, 9.17) is 20.9 Å². The largest absolute Gasteiger partial charge is 0.469 e. The van der Waals surface area contributed by atoms with Gasteiger partial charge in [-0.2, -0.15) is 0 Å². The Bertz CT molecular complexity index is 536. The van der Waals surface area contributed by atoms with Crippen molar-refractivity contribution in [3.63, 3.8) is 0 Å². The van der Waals surface area contributed by atoms with Crippen LogP contribution in [0.15, 0.2) is 30.3 Å². The minimum Gasteiger partial charge on any atom is -0.469 e. The van der Waals surface area contributed by atoms with E-state index >= 15 is 0 Å². The van der Waals surface area contributed by atoms with Crippen molar-refractivity contribution in [2.75, 3.05) is 7.11 Å². The molecule has 4 N–H and O–H groups in total. The second-order valence-corrected chi connectivity index (χ2v) is 6.48. The normalized spacial score (nSPS) is 39.9. The molecular formula is C17H24N2O3. The first kappa shape index (κ1) is 15.5. The fraction of sp³-hybridized carbons (Fsp3) is 0.588. The summed E-state index contributed by atoms with van der Waals surface area (Å²) in [5, 5.41) is 0. The summed E-state index contributed by atoms with van der Waals surface area (Å²) in [4.78, 5) is 12.1. The molecule has 2 bridgehead atoms. The summed E-state index contributed by atoms with van der Waals surface area (Å²) in [5.41, 5.74) is 13.7. The van der Waals surface area contributed by atoms with Crippen LogP contribution in [0, 0.1) is 23.7 Å². The highest BCUT2D eigenvalue weighted by atomic mass is 16.5. The molecule has 2 aliphatic carbocycles. The molecule has 1 aromatic rings. The van der Waals surface area contributed by atoms with E-state index in [-0.39, 0.29) is 47.8 Å². The Hall–Kier alpha value is -1.43. The van der Waals surface area contributed by atoms with Crippen LogP contribution in [0.5, 0.6) is 0 Å². The third-order valence-electron chi connectivity index (χ3n) is 5.45. The number of rotatable bonds is 4. The molecule has 1 aromatic carbocycles. The molecule has 5 nitrogen and oxygen atoms in total. The van der Waals surface area contributed by atoms with E-state index in [2.05, 4.69) is 6.92 Å². The van der Waals surface area contributed by atoms with Gasteiger partial charge in [0, 0.05) is 23.9 Å². The minimum atomic E-state index is -0.314. The standard InChI is InChI=1S/C17H24N2O3/c1-9-11-12(17(20)21-2)15(19)13(14(9)18)16(11)22-8-10-6-4-3-5-7-10/h3-7,9,11-16H,8,18-19H2,1-2H3/t9-,11?,12-,13?,14+,15-,16?/m0/s1. The molecule has 0 saturated heterocycles. The Morgan fingerprint density at radius 3 is 2.45 bits per heavy atom. The molecule has 22 heavy (non-hydrogen) atoms. The van der Waals surface area contributed by atoms with Crippen molar-refractivity contribution in [3.05, 3.63) is 35.9 Å². The number of fused-ring (bicyclic) bond motifs is 2. The van der Waals surface area contributed by atoms with E-state index < -0.39 is 0 Å². The second kappa shape index (κ2) is 5.99. The predicted octanol–water partition coefficient (Wildman–Crippen LogP) is 0.911. The molecule has 2 saturated carbocycles. The molecule has 2 aliphatic rings. The Labute approximate surface area is 131 Å². The summed E-state index contributed by atoms with van der Waals surface area (Å²) in [6.45, 7) is 2.59. The smallest absolute Gasteiger partial charge is 0.310 e. The summed E-state index contributed by atoms with van der Waals surface area (Å²) in [6, 6.07) is 9.68. The van der Waals surface area contributed by atoms with Crippen molar-refractivity contribution in [1.82, 2.24) is 0 Å². The third-order valence-corrected chi connectivity index (χ3v) is 5.45. The number of carbonyl (C=O) groups is 1. The minimum absolute atomic E-state index is 0.00723. The van der Waals surface area contributed by atoms with Crippen LogP contribution in [0.2, 0.25) is 0 Å². The average Bonchev–Trinajstić information content (AvgIpc) is 2.95. The van der Waals surface area contributed by atoms with Crippen molar-refractivity contribution in [1.29, 1.82) is 0 Å². The van der Waals surface area contributed by atoms with Gasteiger partial charge in [-0.25, -0.2) is 0 Å². The Kier molecular flexibility index (Phi) is 4.21. The predicted molar refractivity (Wildman–Crippen MR) is 82.6 cm³/mol. The van der Waals surface area contributed by atoms with E-state index in [0.29, 0.717) is 6.61 Å². The number of methoxy groups -OCH3 is 1. The van der Waals surface area contributed by atoms with E-state index in [1.54, 1.807) is 0 Å². The van der Waals surface area contributed by atoms with Gasteiger partial charge in [0.15, 0.2) is 0 Å². The highest BCUT2D eigenvalue weighted by molar-refractivity contribution is 5.75. The molecule has 0 radical (unpaired) electrons. The number of esters is 1. The number of nitrogens with two attached hydrogens (primary N) is 2. The van der Waals surface area contributed by atoms with Gasteiger partial charge in [-0.3, -0.25) is 4.79 Å². The van der Waals surface area contributed by atoms with Crippen molar-refractivity contribution >= 4 is 5.97 Å². The van der Waals surface area contributed by atoms with E-state index in [1.165, 1.54) is 7.11 Å². The number of carbonyl (C=O) groups excluding carboxylic acids is 1. The first-order valence-electron chi connectivity index (χ1n) is 7.80. The molecule has 0 spiro atoms. The van der Waals surface area contributed by atoms with E-state index in [9.17, 15) is 4.79 Å². The molecule has 0 heterocycles. The second-order valence-electron chi connectivity index (χ2n) is 6.48. The van der Waals surface area contributed by atoms with Crippen LogP contribution in [0.3, 0.4) is 0 Å². The molecule has 3 rings (SSSR count). The van der Waals surface area contributed by atoms with Gasteiger partial charge >= 0.3 is 5.97 Å². The maximum atomic E-state index is 12.1. The van der Waals surface area contributed by atoms with Crippen molar-refractivity contribution in [3.8, 4) is 0 Å². The summed E-state index contributed by atoms with van der Waals surface area (Å²) >= 11 is 0. The molecule has 2 fully saturated rings. The molecule has 7 atom stereocenters. The fourth-order valence-electron chi connectivity index (χ4n) is 4.32. The van der Waals surface area contributed by atoms with Crippen LogP contribution in [0.25, 0.3) is 0 Å². The fourth-order valence-corrected chi connectivity index (χ4v) is 4.32. The molecular weight excluding hydrogens is 280 g/mol. The maximum absolute atomic E-state index is 12.1. The molecule has 120 valence electrons. The lowest BCUT2D eigenvalue weighted by molar-refractivity contribution is -0.149. The van der Waals surface area contributed by atoms with Gasteiger partial charge < -0.3 is 20.9 Å². The monoisotopic (exact) mass is 304 g/mol. The zero-order valence-electron chi connectivity index (χ0n) is 13.0. The van der Waals surface area contributed by atoms with E-state index in [1.807, 2.05) is 30.3 Å². The van der Waals surface area contributed by atoms with Gasteiger partial charge in [0.25, 0.3) is 0 Å². The molecule has 0 amide bonds. The number of benzene rings is 1. The van der Waals surface area contributed by atoms with Gasteiger partial charge in [0.2, 0.25) is 0 Å². The number of hydrogen-bond acceptors (Lipinski definition) is 5. The van der Waals surface area contributed by atoms with Gasteiger partial charge in [-0.1, -0.05) is 37.3 Å². The lowest BCUT2D eigenvalue weighted by Crippen LogP contribution is -2.52. The lowest BCUT2D eigenvalue weighted by Gasteiger charge is -2.33. The maximum Gasteiger partial charge on any atom is 0.310 e. The summed E-state index contributed by atoms with van der Waals surface area (Å²) in [6.07, 6.45) is -0.0793. The average molecular weight is 304 g/mol. The van der Waals surface area contributed by atoms with Crippen molar-refractivity contribution in [2.45, 2.75) is 31.7 Å². The van der Waals surface area contributed by atoms with Crippen LogP contribution in [-0.4, -0.2) is 31.3 Å². The van der Waals surface area contributed by atoms with Crippen molar-refractivity contribution in [2.24, 2.45) is 35.1 Å². The van der Waals surface area contributed by atoms with Gasteiger partial charge in [-0.05, 0) is 11.5 Å². The molecule has 0 aromatic heterocycles. The molecule has 5 heteroatoms. The SMILES string of the molecule is COC(=O)[C@H]1C2C(OCc3ccccc3)C([C@H]1N)[C@H](N)[C@H]2C. The Morgan fingerprint density at radius 2 is 1.82 bits per heavy atom. The van der Waals surface area contributed by atoms with Gasteiger partial charge in [-0.15, -0.1) is 0 Å². The van der Waals surface area contributed by atoms with Crippen LogP contribution in [0.1, 0.15) is 12.5 Å². The van der Waals surface area contributed by atoms with Gasteiger partial charge in [0.05, 0.1) is 25.7 Å². The quantitative estimate of drug-likeness (QED) is 0.807. The first-order valence-corrected chi connectivity index (χ1v) is 7.80. The topological polar surface area (TPSA) is 87.6 Å². The van der Waals surface area contributed by atoms with Crippen LogP contribution in [-0.2, 0) is 20.9 Å². The Balaban J connectivity index is 1.78. The Morgan fingerprint density at radius 1 is 1.14 bits per heavy atom. The highest BCUT2D eigenvalue weighted by Gasteiger charge is 2.63. The lowest BCUT2D eigenvalue weighted by atomic mass is 9.76. The summed E-state index contributed by atoms with van der Waals surface area (Å²) in [7, 11) is 1.41. The van der Waals surface area contributed by atoms with Crippen LogP contribution in [0.4, 0.5) is 0 Å². The zero-order valence-corrected chi connectivity index (χ0v) is 13.0. The zero-order chi connectivity index (χ0) is 15.9. The molecule has 0 aliphatic heterocycles. The first-order chi connectivity index (χ1) is 10.6. The van der Waals surface area contributed by atoms with Crippen LogP contribution >= 0.6 is 0 Å². The highest BCUT2D eigenvalue weighted by Crippen LogP contribution is 2.52. The number of ether oxygens (including phenoxy) is 2. The van der Waals surface area contributed by atoms with E-state index in [0.717, 1.165) is 5.56 Å². The third kappa shape index (κ3) is 2.33.